The summed E-state index contributed by atoms with van der Waals surface area (Å²) in [6.45, 7) is 6.19. The molecular formula is C11H17NS. The van der Waals surface area contributed by atoms with Crippen molar-refractivity contribution in [2.24, 2.45) is 5.73 Å². The first kappa shape index (κ1) is 10.6. The Morgan fingerprint density at radius 3 is 2.31 bits per heavy atom. The van der Waals surface area contributed by atoms with Crippen LogP contribution in [0.3, 0.4) is 0 Å². The molecule has 0 saturated carbocycles. The standard InChI is InChI=1S/C11H17NS/c1-8-7-9(13-4)5-6-10(8)11(2,3)12/h5-7H,12H2,1-4H3. The van der Waals surface area contributed by atoms with Gasteiger partial charge in [0.15, 0.2) is 0 Å². The normalized spacial score (nSPS) is 11.8. The predicted octanol–water partition coefficient (Wildman–Crippen LogP) is 2.91. The summed E-state index contributed by atoms with van der Waals surface area (Å²) in [5.74, 6) is 0. The average Bonchev–Trinajstić information content (AvgIpc) is 2.01. The molecule has 1 aromatic carbocycles. The average molecular weight is 195 g/mol. The summed E-state index contributed by atoms with van der Waals surface area (Å²) in [5.41, 5.74) is 8.31. The number of rotatable bonds is 2. The van der Waals surface area contributed by atoms with Crippen LogP contribution in [0.1, 0.15) is 25.0 Å². The van der Waals surface area contributed by atoms with Crippen molar-refractivity contribution in [3.8, 4) is 0 Å². The summed E-state index contributed by atoms with van der Waals surface area (Å²) in [4.78, 5) is 1.30. The van der Waals surface area contributed by atoms with Crippen molar-refractivity contribution in [2.75, 3.05) is 6.26 Å². The lowest BCUT2D eigenvalue weighted by Gasteiger charge is -2.21. The van der Waals surface area contributed by atoms with E-state index in [1.54, 1.807) is 11.8 Å². The fourth-order valence-electron chi connectivity index (χ4n) is 1.49. The van der Waals surface area contributed by atoms with Gasteiger partial charge in [-0.15, -0.1) is 11.8 Å². The lowest BCUT2D eigenvalue weighted by atomic mass is 9.92. The van der Waals surface area contributed by atoms with Crippen LogP contribution in [0.2, 0.25) is 0 Å². The van der Waals surface area contributed by atoms with Crippen LogP contribution >= 0.6 is 11.8 Å². The zero-order valence-corrected chi connectivity index (χ0v) is 9.53. The zero-order valence-electron chi connectivity index (χ0n) is 8.72. The number of benzene rings is 1. The summed E-state index contributed by atoms with van der Waals surface area (Å²) in [6, 6.07) is 6.44. The van der Waals surface area contributed by atoms with Gasteiger partial charge in [0, 0.05) is 10.4 Å². The fourth-order valence-corrected chi connectivity index (χ4v) is 1.98. The number of thioether (sulfide) groups is 1. The second kappa shape index (κ2) is 3.72. The third-order valence-electron chi connectivity index (χ3n) is 2.13. The van der Waals surface area contributed by atoms with Crippen LogP contribution in [0.4, 0.5) is 0 Å². The zero-order chi connectivity index (χ0) is 10.1. The Hall–Kier alpha value is -0.470. The molecule has 0 heterocycles. The molecule has 0 aromatic heterocycles. The molecule has 1 rings (SSSR count). The summed E-state index contributed by atoms with van der Waals surface area (Å²) in [5, 5.41) is 0. The minimum atomic E-state index is -0.235. The second-order valence-electron chi connectivity index (χ2n) is 3.90. The van der Waals surface area contributed by atoms with Crippen LogP contribution in [0.15, 0.2) is 23.1 Å². The van der Waals surface area contributed by atoms with Crippen LogP contribution < -0.4 is 5.73 Å². The van der Waals surface area contributed by atoms with E-state index in [-0.39, 0.29) is 5.54 Å². The van der Waals surface area contributed by atoms with Gasteiger partial charge in [-0.3, -0.25) is 0 Å². The van der Waals surface area contributed by atoms with Crippen molar-refractivity contribution in [3.63, 3.8) is 0 Å². The SMILES string of the molecule is CSc1ccc(C(C)(C)N)c(C)c1. The monoisotopic (exact) mass is 195 g/mol. The van der Waals surface area contributed by atoms with Crippen molar-refractivity contribution in [1.82, 2.24) is 0 Å². The Balaban J connectivity index is 3.13. The molecule has 2 N–H and O–H groups in total. The third-order valence-corrected chi connectivity index (χ3v) is 2.85. The van der Waals surface area contributed by atoms with Gasteiger partial charge in [0.2, 0.25) is 0 Å². The largest absolute Gasteiger partial charge is 0.322 e. The van der Waals surface area contributed by atoms with E-state index in [0.717, 1.165) is 0 Å². The van der Waals surface area contributed by atoms with Crippen LogP contribution in [0.5, 0.6) is 0 Å². The van der Waals surface area contributed by atoms with E-state index in [0.29, 0.717) is 0 Å². The number of hydrogen-bond donors (Lipinski definition) is 1. The molecule has 0 aliphatic rings. The number of hydrogen-bond acceptors (Lipinski definition) is 2. The van der Waals surface area contributed by atoms with Gasteiger partial charge >= 0.3 is 0 Å². The van der Waals surface area contributed by atoms with E-state index in [2.05, 4.69) is 31.4 Å². The van der Waals surface area contributed by atoms with Gasteiger partial charge in [0.05, 0.1) is 0 Å². The van der Waals surface area contributed by atoms with Crippen molar-refractivity contribution in [3.05, 3.63) is 29.3 Å². The van der Waals surface area contributed by atoms with Crippen LogP contribution in [0.25, 0.3) is 0 Å². The van der Waals surface area contributed by atoms with Crippen LogP contribution in [0, 0.1) is 6.92 Å². The molecule has 0 fully saturated rings. The summed E-state index contributed by atoms with van der Waals surface area (Å²) < 4.78 is 0. The maximum absolute atomic E-state index is 6.04. The van der Waals surface area contributed by atoms with Crippen LogP contribution in [-0.4, -0.2) is 6.26 Å². The second-order valence-corrected chi connectivity index (χ2v) is 4.78. The third kappa shape index (κ3) is 2.48. The number of aryl methyl sites for hydroxylation is 1. The van der Waals surface area contributed by atoms with Crippen molar-refractivity contribution < 1.29 is 0 Å². The molecule has 0 bridgehead atoms. The van der Waals surface area contributed by atoms with Crippen molar-refractivity contribution in [2.45, 2.75) is 31.2 Å². The Labute approximate surface area is 84.7 Å². The summed E-state index contributed by atoms with van der Waals surface area (Å²) >= 11 is 1.76. The molecular weight excluding hydrogens is 178 g/mol. The Morgan fingerprint density at radius 1 is 1.31 bits per heavy atom. The highest BCUT2D eigenvalue weighted by molar-refractivity contribution is 7.98. The molecule has 1 nitrogen and oxygen atoms in total. The Morgan fingerprint density at radius 2 is 1.92 bits per heavy atom. The highest BCUT2D eigenvalue weighted by Crippen LogP contribution is 2.25. The lowest BCUT2D eigenvalue weighted by Crippen LogP contribution is -2.29. The van der Waals surface area contributed by atoms with E-state index >= 15 is 0 Å². The molecule has 0 aliphatic heterocycles. The molecule has 72 valence electrons. The Bertz CT molecular complexity index is 299. The minimum Gasteiger partial charge on any atom is -0.322 e. The first-order valence-corrected chi connectivity index (χ1v) is 5.61. The quantitative estimate of drug-likeness (QED) is 0.734. The highest BCUT2D eigenvalue weighted by atomic mass is 32.2. The van der Waals surface area contributed by atoms with Gasteiger partial charge in [-0.05, 0) is 50.3 Å². The van der Waals surface area contributed by atoms with E-state index in [9.17, 15) is 0 Å². The van der Waals surface area contributed by atoms with Gasteiger partial charge in [-0.1, -0.05) is 6.07 Å². The summed E-state index contributed by atoms with van der Waals surface area (Å²) in [6.07, 6.45) is 2.09. The topological polar surface area (TPSA) is 26.0 Å². The fraction of sp³-hybridized carbons (Fsp3) is 0.455. The van der Waals surface area contributed by atoms with Gasteiger partial charge in [0.25, 0.3) is 0 Å². The van der Waals surface area contributed by atoms with Gasteiger partial charge in [-0.25, -0.2) is 0 Å². The molecule has 0 aliphatic carbocycles. The molecule has 0 amide bonds. The molecule has 0 saturated heterocycles. The van der Waals surface area contributed by atoms with E-state index in [4.69, 9.17) is 5.73 Å². The molecule has 13 heavy (non-hydrogen) atoms. The van der Waals surface area contributed by atoms with Crippen molar-refractivity contribution >= 4 is 11.8 Å². The van der Waals surface area contributed by atoms with Crippen molar-refractivity contribution in [1.29, 1.82) is 0 Å². The molecule has 0 radical (unpaired) electrons. The molecule has 1 aromatic rings. The van der Waals surface area contributed by atoms with Gasteiger partial charge in [0.1, 0.15) is 0 Å². The molecule has 0 atom stereocenters. The maximum atomic E-state index is 6.04. The first-order chi connectivity index (χ1) is 5.95. The molecule has 2 heteroatoms. The first-order valence-electron chi connectivity index (χ1n) is 4.39. The van der Waals surface area contributed by atoms with E-state index in [1.807, 2.05) is 13.8 Å². The van der Waals surface area contributed by atoms with Crippen LogP contribution in [-0.2, 0) is 5.54 Å². The predicted molar refractivity (Wildman–Crippen MR) is 60.2 cm³/mol. The maximum Gasteiger partial charge on any atom is 0.0355 e. The van der Waals surface area contributed by atoms with E-state index in [1.165, 1.54) is 16.0 Å². The summed E-state index contributed by atoms with van der Waals surface area (Å²) in [7, 11) is 0. The molecule has 0 unspecified atom stereocenters. The smallest absolute Gasteiger partial charge is 0.0355 e. The Kier molecular flexibility index (Phi) is 3.04. The minimum absolute atomic E-state index is 0.235. The lowest BCUT2D eigenvalue weighted by molar-refractivity contribution is 0.550. The van der Waals surface area contributed by atoms with E-state index < -0.39 is 0 Å². The number of nitrogens with two attached hydrogens (primary N) is 1. The molecule has 0 spiro atoms. The van der Waals surface area contributed by atoms with Gasteiger partial charge < -0.3 is 5.73 Å². The van der Waals surface area contributed by atoms with Gasteiger partial charge in [-0.2, -0.15) is 0 Å². The highest BCUT2D eigenvalue weighted by Gasteiger charge is 2.16.